The molecule has 0 aromatic carbocycles. The van der Waals surface area contributed by atoms with E-state index in [1.165, 1.54) is 6.42 Å². The molecule has 4 heteroatoms. The van der Waals surface area contributed by atoms with Crippen molar-refractivity contribution in [2.45, 2.75) is 26.7 Å². The number of rotatable bonds is 2. The largest absolute Gasteiger partial charge is 0.342 e. The van der Waals surface area contributed by atoms with E-state index in [1.807, 2.05) is 0 Å². The van der Waals surface area contributed by atoms with Gasteiger partial charge in [-0.3, -0.25) is 4.79 Å². The number of nitrogens with zero attached hydrogens (tertiary/aromatic N) is 1. The molecule has 94 valence electrons. The zero-order chi connectivity index (χ0) is 10.8. The standard InChI is InChI=1S/C12H22N2O.ClH/c1-9(2)11-4-6-14(8-11)12(15)10-3-5-13-7-10;/h9-11,13H,3-8H2,1-2H3;1H. The molecule has 2 rings (SSSR count). The van der Waals surface area contributed by atoms with E-state index in [4.69, 9.17) is 0 Å². The molecule has 3 nitrogen and oxygen atoms in total. The SMILES string of the molecule is CC(C)C1CCN(C(=O)C2CCNC2)C1.Cl. The highest BCUT2D eigenvalue weighted by atomic mass is 35.5. The molecule has 0 aliphatic carbocycles. The lowest BCUT2D eigenvalue weighted by molar-refractivity contribution is -0.134. The maximum absolute atomic E-state index is 12.1. The summed E-state index contributed by atoms with van der Waals surface area (Å²) in [4.78, 5) is 14.2. The van der Waals surface area contributed by atoms with Gasteiger partial charge >= 0.3 is 0 Å². The van der Waals surface area contributed by atoms with Gasteiger partial charge in [0.1, 0.15) is 0 Å². The first kappa shape index (κ1) is 13.8. The van der Waals surface area contributed by atoms with E-state index in [-0.39, 0.29) is 18.3 Å². The Hall–Kier alpha value is -0.280. The van der Waals surface area contributed by atoms with Gasteiger partial charge in [0, 0.05) is 19.6 Å². The van der Waals surface area contributed by atoms with Gasteiger partial charge in [-0.15, -0.1) is 12.4 Å². The molecule has 2 fully saturated rings. The van der Waals surface area contributed by atoms with Crippen molar-refractivity contribution in [3.05, 3.63) is 0 Å². The van der Waals surface area contributed by atoms with Gasteiger partial charge in [-0.05, 0) is 31.2 Å². The molecule has 2 atom stereocenters. The zero-order valence-corrected chi connectivity index (χ0v) is 11.1. The molecule has 1 N–H and O–H groups in total. The molecule has 16 heavy (non-hydrogen) atoms. The summed E-state index contributed by atoms with van der Waals surface area (Å²) in [7, 11) is 0. The summed E-state index contributed by atoms with van der Waals surface area (Å²) in [6, 6.07) is 0. The normalized spacial score (nSPS) is 29.6. The van der Waals surface area contributed by atoms with Gasteiger partial charge in [0.2, 0.25) is 5.91 Å². The molecule has 1 amide bonds. The van der Waals surface area contributed by atoms with E-state index in [9.17, 15) is 4.79 Å². The summed E-state index contributed by atoms with van der Waals surface area (Å²) in [6.07, 6.45) is 2.23. The molecule has 2 aliphatic rings. The molecule has 0 aromatic rings. The van der Waals surface area contributed by atoms with Gasteiger partial charge in [-0.25, -0.2) is 0 Å². The summed E-state index contributed by atoms with van der Waals surface area (Å²) in [6.45, 7) is 8.40. The minimum atomic E-state index is 0. The lowest BCUT2D eigenvalue weighted by atomic mass is 9.95. The Labute approximate surface area is 104 Å². The predicted molar refractivity (Wildman–Crippen MR) is 67.7 cm³/mol. The van der Waals surface area contributed by atoms with Crippen molar-refractivity contribution in [2.75, 3.05) is 26.2 Å². The number of carbonyl (C=O) groups is 1. The van der Waals surface area contributed by atoms with Gasteiger partial charge in [-0.1, -0.05) is 13.8 Å². The van der Waals surface area contributed by atoms with E-state index < -0.39 is 0 Å². The van der Waals surface area contributed by atoms with Crippen molar-refractivity contribution in [1.29, 1.82) is 0 Å². The average molecular weight is 247 g/mol. The monoisotopic (exact) mass is 246 g/mol. The number of halogens is 1. The van der Waals surface area contributed by atoms with E-state index in [1.54, 1.807) is 0 Å². The summed E-state index contributed by atoms with van der Waals surface area (Å²) in [5.41, 5.74) is 0. The summed E-state index contributed by atoms with van der Waals surface area (Å²) >= 11 is 0. The molecule has 2 heterocycles. The lowest BCUT2D eigenvalue weighted by Crippen LogP contribution is -2.35. The highest BCUT2D eigenvalue weighted by Gasteiger charge is 2.32. The Morgan fingerprint density at radius 1 is 1.38 bits per heavy atom. The molecule has 0 spiro atoms. The predicted octanol–water partition coefficient (Wildman–Crippen LogP) is 1.52. The first-order chi connectivity index (χ1) is 7.18. The maximum atomic E-state index is 12.1. The van der Waals surface area contributed by atoms with Crippen molar-refractivity contribution in [2.24, 2.45) is 17.8 Å². The Balaban J connectivity index is 0.00000128. The second-order valence-electron chi connectivity index (χ2n) is 5.27. The third-order valence-electron chi connectivity index (χ3n) is 3.89. The van der Waals surface area contributed by atoms with Crippen LogP contribution in [0.5, 0.6) is 0 Å². The molecule has 2 aliphatic heterocycles. The summed E-state index contributed by atoms with van der Waals surface area (Å²) in [5.74, 6) is 2.09. The first-order valence-electron chi connectivity index (χ1n) is 6.18. The molecule has 0 radical (unpaired) electrons. The van der Waals surface area contributed by atoms with Crippen LogP contribution < -0.4 is 5.32 Å². The molecule has 2 unspecified atom stereocenters. The second-order valence-corrected chi connectivity index (χ2v) is 5.27. The van der Waals surface area contributed by atoms with Crippen molar-refractivity contribution >= 4 is 18.3 Å². The Kier molecular flexibility index (Phi) is 5.06. The molecular formula is C12H23ClN2O. The van der Waals surface area contributed by atoms with Crippen LogP contribution in [0.1, 0.15) is 26.7 Å². The molecule has 0 bridgehead atoms. The van der Waals surface area contributed by atoms with Crippen LogP contribution in [-0.4, -0.2) is 37.0 Å². The number of amides is 1. The third kappa shape index (κ3) is 2.89. The summed E-state index contributed by atoms with van der Waals surface area (Å²) in [5, 5.41) is 3.26. The molecule has 0 saturated carbocycles. The summed E-state index contributed by atoms with van der Waals surface area (Å²) < 4.78 is 0. The fraction of sp³-hybridized carbons (Fsp3) is 0.917. The molecule has 0 aromatic heterocycles. The topological polar surface area (TPSA) is 32.3 Å². The van der Waals surface area contributed by atoms with Crippen LogP contribution in [0, 0.1) is 17.8 Å². The number of carbonyl (C=O) groups excluding carboxylic acids is 1. The van der Waals surface area contributed by atoms with Crippen molar-refractivity contribution in [1.82, 2.24) is 10.2 Å². The van der Waals surface area contributed by atoms with Gasteiger partial charge in [-0.2, -0.15) is 0 Å². The van der Waals surface area contributed by atoms with Crippen molar-refractivity contribution in [3.8, 4) is 0 Å². The van der Waals surface area contributed by atoms with Gasteiger partial charge in [0.15, 0.2) is 0 Å². The fourth-order valence-corrected chi connectivity index (χ4v) is 2.66. The van der Waals surface area contributed by atoms with Gasteiger partial charge in [0.25, 0.3) is 0 Å². The fourth-order valence-electron chi connectivity index (χ4n) is 2.66. The Morgan fingerprint density at radius 3 is 2.62 bits per heavy atom. The van der Waals surface area contributed by atoms with E-state index >= 15 is 0 Å². The van der Waals surface area contributed by atoms with E-state index in [2.05, 4.69) is 24.1 Å². The quantitative estimate of drug-likeness (QED) is 0.802. The van der Waals surface area contributed by atoms with Crippen LogP contribution in [0.3, 0.4) is 0 Å². The van der Waals surface area contributed by atoms with Crippen LogP contribution in [0.15, 0.2) is 0 Å². The van der Waals surface area contributed by atoms with Crippen LogP contribution in [-0.2, 0) is 4.79 Å². The van der Waals surface area contributed by atoms with Crippen LogP contribution in [0.25, 0.3) is 0 Å². The highest BCUT2D eigenvalue weighted by Crippen LogP contribution is 2.25. The first-order valence-corrected chi connectivity index (χ1v) is 6.18. The average Bonchev–Trinajstić information content (AvgIpc) is 2.88. The molecule has 2 saturated heterocycles. The zero-order valence-electron chi connectivity index (χ0n) is 10.2. The van der Waals surface area contributed by atoms with Crippen molar-refractivity contribution < 1.29 is 4.79 Å². The maximum Gasteiger partial charge on any atom is 0.227 e. The number of hydrogen-bond acceptors (Lipinski definition) is 2. The minimum absolute atomic E-state index is 0. The van der Waals surface area contributed by atoms with Gasteiger partial charge in [0.05, 0.1) is 5.92 Å². The number of likely N-dealkylation sites (tertiary alicyclic amines) is 1. The van der Waals surface area contributed by atoms with Crippen LogP contribution in [0.2, 0.25) is 0 Å². The third-order valence-corrected chi connectivity index (χ3v) is 3.89. The smallest absolute Gasteiger partial charge is 0.227 e. The Bertz CT molecular complexity index is 239. The van der Waals surface area contributed by atoms with Crippen molar-refractivity contribution in [3.63, 3.8) is 0 Å². The van der Waals surface area contributed by atoms with E-state index in [0.717, 1.165) is 38.5 Å². The molecular weight excluding hydrogens is 224 g/mol. The lowest BCUT2D eigenvalue weighted by Gasteiger charge is -2.21. The number of hydrogen-bond donors (Lipinski definition) is 1. The van der Waals surface area contributed by atoms with E-state index in [0.29, 0.717) is 11.8 Å². The number of nitrogens with one attached hydrogen (secondary N) is 1. The second kappa shape index (κ2) is 5.87. The minimum Gasteiger partial charge on any atom is -0.342 e. The van der Waals surface area contributed by atoms with Crippen LogP contribution >= 0.6 is 12.4 Å². The highest BCUT2D eigenvalue weighted by molar-refractivity contribution is 5.85. The Morgan fingerprint density at radius 2 is 2.12 bits per heavy atom. The van der Waals surface area contributed by atoms with Gasteiger partial charge < -0.3 is 10.2 Å². The van der Waals surface area contributed by atoms with Crippen LogP contribution in [0.4, 0.5) is 0 Å².